The van der Waals surface area contributed by atoms with Crippen LogP contribution in [0.5, 0.6) is 0 Å². The van der Waals surface area contributed by atoms with Gasteiger partial charge in [0.05, 0.1) is 0 Å². The Labute approximate surface area is 151 Å². The molecule has 1 rings (SSSR count). The van der Waals surface area contributed by atoms with Crippen LogP contribution >= 0.6 is 12.2 Å². The molecular formula is C11H20KNO3S. The quantitative estimate of drug-likeness (QED) is 0.572. The van der Waals surface area contributed by atoms with Crippen LogP contribution in [-0.2, 0) is 9.47 Å². The molecule has 1 saturated heterocycles. The fourth-order valence-corrected chi connectivity index (χ4v) is 1.74. The maximum absolute atomic E-state index is 11.7. The van der Waals surface area contributed by atoms with Gasteiger partial charge < -0.3 is 14.4 Å². The molecule has 1 heterocycles. The van der Waals surface area contributed by atoms with Crippen LogP contribution in [0, 0.1) is 0 Å². The molecule has 1 amide bonds. The zero-order chi connectivity index (χ0) is 12.2. The van der Waals surface area contributed by atoms with E-state index in [0.717, 1.165) is 12.8 Å². The summed E-state index contributed by atoms with van der Waals surface area (Å²) in [6, 6.07) is 0. The Morgan fingerprint density at radius 3 is 2.29 bits per heavy atom. The van der Waals surface area contributed by atoms with E-state index in [4.69, 9.17) is 9.47 Å². The summed E-state index contributed by atoms with van der Waals surface area (Å²) in [5.74, 6) is 0. The van der Waals surface area contributed by atoms with Gasteiger partial charge in [-0.05, 0) is 33.0 Å². The number of likely N-dealkylation sites (tertiary alicyclic amines) is 1. The third-order valence-corrected chi connectivity index (χ3v) is 2.45. The predicted molar refractivity (Wildman–Crippen MR) is 72.7 cm³/mol. The molecule has 0 unspecified atom stereocenters. The number of nitrogens with zero attached hydrogens (tertiary/aromatic N) is 1. The van der Waals surface area contributed by atoms with Gasteiger partial charge in [0.1, 0.15) is 17.3 Å². The van der Waals surface area contributed by atoms with Crippen molar-refractivity contribution in [3.63, 3.8) is 0 Å². The molecule has 17 heavy (non-hydrogen) atoms. The number of rotatable bonds is 2. The van der Waals surface area contributed by atoms with Gasteiger partial charge in [0, 0.05) is 25.9 Å². The fraction of sp³-hybridized carbons (Fsp3) is 0.818. The molecule has 0 N–H and O–H groups in total. The van der Waals surface area contributed by atoms with Crippen LogP contribution in [0.2, 0.25) is 0 Å². The molecule has 0 spiro atoms. The molecule has 4 nitrogen and oxygen atoms in total. The molecule has 94 valence electrons. The summed E-state index contributed by atoms with van der Waals surface area (Å²) in [5.41, 5.74) is 0.868. The number of thiocarbonyl (C=S) groups is 1. The SMILES string of the molecule is CC(C)(C)OC(=O)N1CCC(OC=S)CC1.[KH]. The van der Waals surface area contributed by atoms with Gasteiger partial charge in [-0.1, -0.05) is 0 Å². The van der Waals surface area contributed by atoms with Gasteiger partial charge >= 0.3 is 57.5 Å². The summed E-state index contributed by atoms with van der Waals surface area (Å²) in [7, 11) is 0. The van der Waals surface area contributed by atoms with Crippen molar-refractivity contribution in [2.45, 2.75) is 45.3 Å². The van der Waals surface area contributed by atoms with E-state index in [1.165, 1.54) is 5.55 Å². The van der Waals surface area contributed by atoms with E-state index >= 15 is 0 Å². The van der Waals surface area contributed by atoms with Crippen LogP contribution in [0.15, 0.2) is 0 Å². The van der Waals surface area contributed by atoms with Crippen molar-refractivity contribution >= 4 is 75.2 Å². The zero-order valence-corrected chi connectivity index (χ0v) is 10.9. The minimum absolute atomic E-state index is 0. The first-order chi connectivity index (χ1) is 7.42. The molecular weight excluding hydrogens is 265 g/mol. The van der Waals surface area contributed by atoms with E-state index in [0.29, 0.717) is 13.1 Å². The number of piperidine rings is 1. The van der Waals surface area contributed by atoms with E-state index in [1.54, 1.807) is 4.90 Å². The second-order valence-electron chi connectivity index (χ2n) is 4.90. The predicted octanol–water partition coefficient (Wildman–Crippen LogP) is 1.71. The van der Waals surface area contributed by atoms with E-state index in [1.807, 2.05) is 20.8 Å². The normalized spacial score (nSPS) is 17.0. The summed E-state index contributed by atoms with van der Waals surface area (Å²) in [5, 5.41) is 0. The van der Waals surface area contributed by atoms with Crippen molar-refractivity contribution in [1.29, 1.82) is 0 Å². The fourth-order valence-electron chi connectivity index (χ4n) is 1.58. The Kier molecular flexibility index (Phi) is 8.44. The van der Waals surface area contributed by atoms with Gasteiger partial charge in [-0.2, -0.15) is 0 Å². The number of ether oxygens (including phenoxy) is 2. The Morgan fingerprint density at radius 1 is 1.35 bits per heavy atom. The van der Waals surface area contributed by atoms with Crippen LogP contribution in [-0.4, -0.2) is 92.7 Å². The van der Waals surface area contributed by atoms with Crippen molar-refractivity contribution in [3.8, 4) is 0 Å². The first-order valence-corrected chi connectivity index (χ1v) is 5.96. The van der Waals surface area contributed by atoms with E-state index < -0.39 is 5.60 Å². The molecule has 1 fully saturated rings. The van der Waals surface area contributed by atoms with Crippen molar-refractivity contribution < 1.29 is 14.3 Å². The number of amides is 1. The Hall–Kier alpha value is 0.796. The molecule has 6 heteroatoms. The van der Waals surface area contributed by atoms with Gasteiger partial charge in [0.2, 0.25) is 0 Å². The van der Waals surface area contributed by atoms with Crippen molar-refractivity contribution in [2.24, 2.45) is 0 Å². The standard InChI is InChI=1S/C11H19NO3S.K.H/c1-11(2,3)15-10(13)12-6-4-9(5-7-12)14-8-16;;/h8-9H,4-7H2,1-3H3;;. The van der Waals surface area contributed by atoms with Crippen LogP contribution in [0.4, 0.5) is 4.79 Å². The number of hydrogen-bond donors (Lipinski definition) is 0. The maximum atomic E-state index is 11.7. The first-order valence-electron chi connectivity index (χ1n) is 5.49. The molecule has 1 aliphatic heterocycles. The summed E-state index contributed by atoms with van der Waals surface area (Å²) in [6.07, 6.45) is 1.53. The summed E-state index contributed by atoms with van der Waals surface area (Å²) < 4.78 is 10.5. The van der Waals surface area contributed by atoms with Crippen molar-refractivity contribution in [3.05, 3.63) is 0 Å². The van der Waals surface area contributed by atoms with Gasteiger partial charge in [-0.3, -0.25) is 0 Å². The molecule has 0 aromatic carbocycles. The van der Waals surface area contributed by atoms with Crippen LogP contribution < -0.4 is 0 Å². The van der Waals surface area contributed by atoms with Gasteiger partial charge in [-0.15, -0.1) is 0 Å². The molecule has 0 radical (unpaired) electrons. The Bertz CT molecular complexity index is 260. The van der Waals surface area contributed by atoms with Gasteiger partial charge in [0.25, 0.3) is 0 Å². The Balaban J connectivity index is 0.00000256. The third-order valence-electron chi connectivity index (χ3n) is 2.34. The van der Waals surface area contributed by atoms with Crippen LogP contribution in [0.1, 0.15) is 33.6 Å². The molecule has 1 aliphatic rings. The first kappa shape index (κ1) is 17.8. The monoisotopic (exact) mass is 285 g/mol. The number of carbonyl (C=O) groups excluding carboxylic acids is 1. The zero-order valence-electron chi connectivity index (χ0n) is 10.1. The van der Waals surface area contributed by atoms with Gasteiger partial charge in [-0.25, -0.2) is 4.79 Å². The second-order valence-corrected chi connectivity index (χ2v) is 5.09. The van der Waals surface area contributed by atoms with E-state index in [9.17, 15) is 4.79 Å². The van der Waals surface area contributed by atoms with Crippen LogP contribution in [0.3, 0.4) is 0 Å². The average Bonchev–Trinajstić information content (AvgIpc) is 2.16. The molecule has 0 aromatic rings. The second kappa shape index (κ2) is 8.06. The number of hydrogen-bond acceptors (Lipinski definition) is 4. The summed E-state index contributed by atoms with van der Waals surface area (Å²) in [6.45, 7) is 6.94. The third kappa shape index (κ3) is 7.08. The molecule has 0 atom stereocenters. The minimum atomic E-state index is -0.432. The van der Waals surface area contributed by atoms with Crippen molar-refractivity contribution in [1.82, 2.24) is 4.90 Å². The molecule has 0 aliphatic carbocycles. The number of carbonyl (C=O) groups is 1. The average molecular weight is 285 g/mol. The molecule has 0 saturated carbocycles. The summed E-state index contributed by atoms with van der Waals surface area (Å²) >= 11 is 4.63. The van der Waals surface area contributed by atoms with E-state index in [2.05, 4.69) is 12.2 Å². The van der Waals surface area contributed by atoms with Gasteiger partial charge in [0.15, 0.2) is 0 Å². The topological polar surface area (TPSA) is 38.8 Å². The summed E-state index contributed by atoms with van der Waals surface area (Å²) in [4.78, 5) is 13.4. The Morgan fingerprint density at radius 2 is 1.88 bits per heavy atom. The van der Waals surface area contributed by atoms with Crippen LogP contribution in [0.25, 0.3) is 0 Å². The van der Waals surface area contributed by atoms with Crippen molar-refractivity contribution in [2.75, 3.05) is 13.1 Å². The molecule has 0 bridgehead atoms. The van der Waals surface area contributed by atoms with E-state index in [-0.39, 0.29) is 63.6 Å². The molecule has 0 aromatic heterocycles.